The number of nitrogens with two attached hydrogens (primary N) is 1. The zero-order valence-electron chi connectivity index (χ0n) is 11.4. The molecule has 6 nitrogen and oxygen atoms in total. The number of aromatic nitrogens is 1. The molecule has 1 heterocycles. The molecule has 2 aromatic rings. The van der Waals surface area contributed by atoms with E-state index in [2.05, 4.69) is 4.98 Å². The molecule has 2 N–H and O–H groups in total. The number of sulfonamides is 1. The molecule has 0 unspecified atom stereocenters. The summed E-state index contributed by atoms with van der Waals surface area (Å²) in [6.07, 6.45) is 2.92. The minimum absolute atomic E-state index is 0.0895. The molecule has 0 amide bonds. The lowest BCUT2D eigenvalue weighted by atomic mass is 10.3. The van der Waals surface area contributed by atoms with E-state index < -0.39 is 10.0 Å². The summed E-state index contributed by atoms with van der Waals surface area (Å²) in [6, 6.07) is 5.82. The second-order valence-electron chi connectivity index (χ2n) is 4.43. The van der Waals surface area contributed by atoms with Gasteiger partial charge in [0.05, 0.1) is 21.8 Å². The molecule has 21 heavy (non-hydrogen) atoms. The number of pyridine rings is 1. The molecule has 2 rings (SSSR count). The molecule has 1 aromatic carbocycles. The first-order chi connectivity index (χ1) is 9.80. The summed E-state index contributed by atoms with van der Waals surface area (Å²) in [5.41, 5.74) is 6.12. The smallest absolute Gasteiger partial charge is 0.242 e. The van der Waals surface area contributed by atoms with Gasteiger partial charge in [0, 0.05) is 32.4 Å². The van der Waals surface area contributed by atoms with Crippen molar-refractivity contribution >= 4 is 27.3 Å². The molecule has 0 spiro atoms. The van der Waals surface area contributed by atoms with Gasteiger partial charge >= 0.3 is 0 Å². The van der Waals surface area contributed by atoms with Crippen molar-refractivity contribution in [2.45, 2.75) is 4.90 Å². The highest BCUT2D eigenvalue weighted by atomic mass is 35.5. The van der Waals surface area contributed by atoms with Crippen molar-refractivity contribution in [3.63, 3.8) is 0 Å². The molecule has 0 atom stereocenters. The molecule has 0 fully saturated rings. The number of nitrogen functional groups attached to an aromatic ring is 1. The number of hydrogen-bond donors (Lipinski definition) is 1. The van der Waals surface area contributed by atoms with Crippen LogP contribution in [0.1, 0.15) is 0 Å². The summed E-state index contributed by atoms with van der Waals surface area (Å²) in [5.74, 6) is 0.593. The molecule has 0 saturated heterocycles. The van der Waals surface area contributed by atoms with E-state index in [9.17, 15) is 8.42 Å². The van der Waals surface area contributed by atoms with Gasteiger partial charge in [-0.1, -0.05) is 11.6 Å². The van der Waals surface area contributed by atoms with Crippen LogP contribution < -0.4 is 10.5 Å². The maximum absolute atomic E-state index is 12.1. The van der Waals surface area contributed by atoms with Gasteiger partial charge in [0.25, 0.3) is 0 Å². The Morgan fingerprint density at radius 3 is 2.57 bits per heavy atom. The van der Waals surface area contributed by atoms with Crippen molar-refractivity contribution in [2.24, 2.45) is 0 Å². The van der Waals surface area contributed by atoms with Crippen molar-refractivity contribution in [2.75, 3.05) is 19.8 Å². The number of benzene rings is 1. The Labute approximate surface area is 128 Å². The summed E-state index contributed by atoms with van der Waals surface area (Å²) in [5, 5.41) is 0.406. The fraction of sp³-hybridized carbons (Fsp3) is 0.154. The Morgan fingerprint density at radius 2 is 1.95 bits per heavy atom. The van der Waals surface area contributed by atoms with Crippen LogP contribution in [0.25, 0.3) is 0 Å². The molecule has 1 aromatic heterocycles. The van der Waals surface area contributed by atoms with Gasteiger partial charge in [-0.25, -0.2) is 12.7 Å². The average molecular weight is 328 g/mol. The van der Waals surface area contributed by atoms with Crippen LogP contribution in [0, 0.1) is 0 Å². The molecule has 0 radical (unpaired) electrons. The first kappa shape index (κ1) is 15.6. The number of anilines is 1. The Kier molecular flexibility index (Phi) is 4.36. The summed E-state index contributed by atoms with van der Waals surface area (Å²) >= 11 is 5.82. The lowest BCUT2D eigenvalue weighted by Crippen LogP contribution is -2.22. The Bertz CT molecular complexity index is 763. The van der Waals surface area contributed by atoms with Crippen LogP contribution in [0.3, 0.4) is 0 Å². The van der Waals surface area contributed by atoms with Gasteiger partial charge in [0.15, 0.2) is 5.75 Å². The van der Waals surface area contributed by atoms with Crippen molar-refractivity contribution in [3.8, 4) is 11.5 Å². The third kappa shape index (κ3) is 3.44. The van der Waals surface area contributed by atoms with Gasteiger partial charge in [0.1, 0.15) is 5.75 Å². The first-order valence-corrected chi connectivity index (χ1v) is 7.73. The Balaban J connectivity index is 2.41. The minimum atomic E-state index is -3.56. The van der Waals surface area contributed by atoms with Crippen LogP contribution in [-0.2, 0) is 10.0 Å². The largest absolute Gasteiger partial charge is 0.453 e. The van der Waals surface area contributed by atoms with Crippen molar-refractivity contribution in [1.29, 1.82) is 0 Å². The van der Waals surface area contributed by atoms with Crippen LogP contribution in [0.5, 0.6) is 11.5 Å². The van der Waals surface area contributed by atoms with E-state index in [1.165, 1.54) is 44.7 Å². The number of rotatable bonds is 4. The molecule has 0 saturated carbocycles. The highest BCUT2D eigenvalue weighted by molar-refractivity contribution is 7.89. The summed E-state index contributed by atoms with van der Waals surface area (Å²) in [7, 11) is -0.658. The normalized spacial score (nSPS) is 11.6. The average Bonchev–Trinajstić information content (AvgIpc) is 2.41. The SMILES string of the molecule is CN(C)S(=O)(=O)c1ccc(N)c(Oc2cncc(Cl)c2)c1. The molecule has 112 valence electrons. The van der Waals surface area contributed by atoms with E-state index in [0.29, 0.717) is 16.5 Å². The van der Waals surface area contributed by atoms with E-state index in [0.717, 1.165) is 4.31 Å². The lowest BCUT2D eigenvalue weighted by molar-refractivity contribution is 0.479. The third-order valence-corrected chi connectivity index (χ3v) is 4.69. The standard InChI is InChI=1S/C13H14ClN3O3S/c1-17(2)21(18,19)11-3-4-12(15)13(6-11)20-10-5-9(14)7-16-8-10/h3-8H,15H2,1-2H3. The highest BCUT2D eigenvalue weighted by Gasteiger charge is 2.19. The Hall–Kier alpha value is -1.83. The van der Waals surface area contributed by atoms with Gasteiger partial charge in [-0.3, -0.25) is 4.98 Å². The molecule has 0 aliphatic carbocycles. The van der Waals surface area contributed by atoms with Gasteiger partial charge in [0.2, 0.25) is 10.0 Å². The van der Waals surface area contributed by atoms with Crippen molar-refractivity contribution < 1.29 is 13.2 Å². The van der Waals surface area contributed by atoms with Gasteiger partial charge in [-0.15, -0.1) is 0 Å². The van der Waals surface area contributed by atoms with Crippen LogP contribution in [0.2, 0.25) is 5.02 Å². The number of halogens is 1. The van der Waals surface area contributed by atoms with E-state index >= 15 is 0 Å². The third-order valence-electron chi connectivity index (χ3n) is 2.67. The maximum atomic E-state index is 12.1. The van der Waals surface area contributed by atoms with Crippen LogP contribution in [0.4, 0.5) is 5.69 Å². The molecule has 0 bridgehead atoms. The van der Waals surface area contributed by atoms with Gasteiger partial charge < -0.3 is 10.5 Å². The fourth-order valence-corrected chi connectivity index (χ4v) is 2.63. The lowest BCUT2D eigenvalue weighted by Gasteiger charge is -2.14. The van der Waals surface area contributed by atoms with Crippen LogP contribution in [-0.4, -0.2) is 31.8 Å². The van der Waals surface area contributed by atoms with Gasteiger partial charge in [-0.05, 0) is 12.1 Å². The second-order valence-corrected chi connectivity index (χ2v) is 7.02. The fourth-order valence-electron chi connectivity index (χ4n) is 1.55. The van der Waals surface area contributed by atoms with E-state index in [-0.39, 0.29) is 10.6 Å². The highest BCUT2D eigenvalue weighted by Crippen LogP contribution is 2.31. The van der Waals surface area contributed by atoms with Crippen molar-refractivity contribution in [1.82, 2.24) is 9.29 Å². The predicted molar refractivity (Wildman–Crippen MR) is 81.0 cm³/mol. The summed E-state index contributed by atoms with van der Waals surface area (Å²) < 4.78 is 30.9. The van der Waals surface area contributed by atoms with Crippen LogP contribution in [0.15, 0.2) is 41.6 Å². The summed E-state index contributed by atoms with van der Waals surface area (Å²) in [4.78, 5) is 3.97. The predicted octanol–water partition coefficient (Wildman–Crippen LogP) is 2.36. The zero-order valence-corrected chi connectivity index (χ0v) is 13.0. The first-order valence-electron chi connectivity index (χ1n) is 5.91. The van der Waals surface area contributed by atoms with E-state index in [4.69, 9.17) is 22.1 Å². The number of hydrogen-bond acceptors (Lipinski definition) is 5. The number of nitrogens with zero attached hydrogens (tertiary/aromatic N) is 2. The van der Waals surface area contributed by atoms with Crippen molar-refractivity contribution in [3.05, 3.63) is 41.7 Å². The monoisotopic (exact) mass is 327 g/mol. The quantitative estimate of drug-likeness (QED) is 0.871. The van der Waals surface area contributed by atoms with Gasteiger partial charge in [-0.2, -0.15) is 0 Å². The zero-order chi connectivity index (χ0) is 15.6. The molecule has 8 heteroatoms. The Morgan fingerprint density at radius 1 is 1.24 bits per heavy atom. The van der Waals surface area contributed by atoms with E-state index in [1.54, 1.807) is 6.07 Å². The summed E-state index contributed by atoms with van der Waals surface area (Å²) in [6.45, 7) is 0. The topological polar surface area (TPSA) is 85.5 Å². The van der Waals surface area contributed by atoms with E-state index in [1.807, 2.05) is 0 Å². The van der Waals surface area contributed by atoms with Crippen LogP contribution >= 0.6 is 11.6 Å². The molecular formula is C13H14ClN3O3S. The number of ether oxygens (including phenoxy) is 1. The molecular weight excluding hydrogens is 314 g/mol. The second kappa shape index (κ2) is 5.88. The molecule has 0 aliphatic heterocycles. The molecule has 0 aliphatic rings. The minimum Gasteiger partial charge on any atom is -0.453 e. The maximum Gasteiger partial charge on any atom is 0.242 e.